The van der Waals surface area contributed by atoms with Gasteiger partial charge in [-0.1, -0.05) is 42.5 Å². The second-order valence-electron chi connectivity index (χ2n) is 5.91. The first-order valence-corrected chi connectivity index (χ1v) is 8.18. The maximum atomic E-state index is 14.5. The van der Waals surface area contributed by atoms with Crippen LogP contribution in [0.1, 0.15) is 13.8 Å². The molecule has 6 heteroatoms. The van der Waals surface area contributed by atoms with E-state index in [1.165, 1.54) is 29.4 Å². The maximum absolute atomic E-state index is 14.5. The molecule has 0 amide bonds. The molecule has 132 valence electrons. The van der Waals surface area contributed by atoms with Gasteiger partial charge in [-0.3, -0.25) is 0 Å². The number of hydrogen-bond donors (Lipinski definition) is 0. The van der Waals surface area contributed by atoms with Gasteiger partial charge in [0.15, 0.2) is 5.82 Å². The summed E-state index contributed by atoms with van der Waals surface area (Å²) in [6.07, 6.45) is 3.95. The maximum Gasteiger partial charge on any atom is 0.332 e. The van der Waals surface area contributed by atoms with Crippen molar-refractivity contribution in [2.45, 2.75) is 20.0 Å². The number of esters is 1. The largest absolute Gasteiger partial charge is 0.460 e. The normalized spacial score (nSPS) is 11.2. The lowest BCUT2D eigenvalue weighted by Crippen LogP contribution is -2.08. The average molecular weight is 351 g/mol. The summed E-state index contributed by atoms with van der Waals surface area (Å²) in [6.45, 7) is 3.54. The summed E-state index contributed by atoms with van der Waals surface area (Å²) < 4.78 is 20.8. The van der Waals surface area contributed by atoms with Crippen LogP contribution < -0.4 is 0 Å². The van der Waals surface area contributed by atoms with Crippen molar-refractivity contribution >= 4 is 12.2 Å². The quantitative estimate of drug-likeness (QED) is 0.511. The Morgan fingerprint density at radius 3 is 2.62 bits per heavy atom. The van der Waals surface area contributed by atoms with Gasteiger partial charge < -0.3 is 4.74 Å². The number of hydrogen-bond acceptors (Lipinski definition) is 4. The molecule has 0 saturated heterocycles. The Labute approximate surface area is 150 Å². The smallest absolute Gasteiger partial charge is 0.332 e. The Balaban J connectivity index is 1.78. The molecule has 2 aromatic carbocycles. The number of carbonyl (C=O) groups excluding carboxylic acids is 1. The highest BCUT2D eigenvalue weighted by Gasteiger charge is 2.10. The monoisotopic (exact) mass is 351 g/mol. The van der Waals surface area contributed by atoms with E-state index in [0.717, 1.165) is 5.56 Å². The zero-order chi connectivity index (χ0) is 18.5. The molecule has 5 nitrogen and oxygen atoms in total. The lowest BCUT2D eigenvalue weighted by atomic mass is 10.0. The minimum atomic E-state index is -0.463. The third kappa shape index (κ3) is 4.22. The lowest BCUT2D eigenvalue weighted by molar-refractivity contribution is -0.141. The molecule has 0 spiro atoms. The Bertz CT molecular complexity index is 933. The zero-order valence-corrected chi connectivity index (χ0v) is 14.5. The van der Waals surface area contributed by atoms with Gasteiger partial charge in [-0.05, 0) is 25.5 Å². The molecule has 0 saturated carbocycles. The first kappa shape index (κ1) is 17.5. The number of carbonyl (C=O) groups is 1. The van der Waals surface area contributed by atoms with Crippen LogP contribution in [0.4, 0.5) is 4.39 Å². The van der Waals surface area contributed by atoms with E-state index in [4.69, 9.17) is 4.74 Å². The topological polar surface area (TPSA) is 57.0 Å². The second-order valence-corrected chi connectivity index (χ2v) is 5.91. The van der Waals surface area contributed by atoms with E-state index in [1.807, 2.05) is 30.3 Å². The van der Waals surface area contributed by atoms with Gasteiger partial charge in [0.05, 0.1) is 6.10 Å². The average Bonchev–Trinajstić information content (AvgIpc) is 3.09. The van der Waals surface area contributed by atoms with Crippen LogP contribution in [-0.4, -0.2) is 26.8 Å². The summed E-state index contributed by atoms with van der Waals surface area (Å²) in [6, 6.07) is 14.2. The Hall–Kier alpha value is -3.28. The summed E-state index contributed by atoms with van der Waals surface area (Å²) in [5, 5.41) is 4.22. The first-order chi connectivity index (χ1) is 12.5. The number of ether oxygens (including phenoxy) is 1. The van der Waals surface area contributed by atoms with E-state index >= 15 is 0 Å². The number of nitrogens with zero attached hydrogens (tertiary/aromatic N) is 3. The van der Waals surface area contributed by atoms with Crippen molar-refractivity contribution in [1.82, 2.24) is 14.8 Å². The van der Waals surface area contributed by atoms with Crippen LogP contribution in [0.2, 0.25) is 0 Å². The minimum absolute atomic E-state index is 0.190. The summed E-state index contributed by atoms with van der Waals surface area (Å²) in [7, 11) is 0. The van der Waals surface area contributed by atoms with E-state index in [1.54, 1.807) is 26.0 Å². The van der Waals surface area contributed by atoms with Crippen LogP contribution in [0.3, 0.4) is 0 Å². The first-order valence-electron chi connectivity index (χ1n) is 8.18. The second kappa shape index (κ2) is 7.74. The molecule has 1 heterocycles. The predicted octanol–water partition coefficient (Wildman–Crippen LogP) is 4.17. The van der Waals surface area contributed by atoms with Crippen LogP contribution in [0, 0.1) is 5.82 Å². The molecular formula is C20H18FN3O2. The fraction of sp³-hybridized carbons (Fsp3) is 0.150. The molecule has 0 atom stereocenters. The van der Waals surface area contributed by atoms with E-state index in [-0.39, 0.29) is 11.9 Å². The zero-order valence-electron chi connectivity index (χ0n) is 14.5. The highest BCUT2D eigenvalue weighted by atomic mass is 19.1. The number of rotatable bonds is 5. The molecule has 0 fully saturated rings. The molecule has 3 rings (SSSR count). The van der Waals surface area contributed by atoms with Gasteiger partial charge in [0.1, 0.15) is 12.1 Å². The SMILES string of the molecule is CC(C)OC(=O)/C=C\n1cnc(-c2ccc(-c3ccccc3)c(F)c2)n1. The van der Waals surface area contributed by atoms with Crippen molar-refractivity contribution in [3.63, 3.8) is 0 Å². The summed E-state index contributed by atoms with van der Waals surface area (Å²) in [4.78, 5) is 15.7. The van der Waals surface area contributed by atoms with Gasteiger partial charge in [0, 0.05) is 23.4 Å². The molecule has 0 N–H and O–H groups in total. The Morgan fingerprint density at radius 1 is 1.15 bits per heavy atom. The summed E-state index contributed by atoms with van der Waals surface area (Å²) >= 11 is 0. The van der Waals surface area contributed by atoms with Crippen molar-refractivity contribution in [1.29, 1.82) is 0 Å². The van der Waals surface area contributed by atoms with E-state index in [0.29, 0.717) is 17.0 Å². The molecule has 0 aliphatic heterocycles. The van der Waals surface area contributed by atoms with Gasteiger partial charge in [-0.2, -0.15) is 0 Å². The number of aromatic nitrogens is 3. The summed E-state index contributed by atoms with van der Waals surface area (Å²) in [5.74, 6) is -0.443. The van der Waals surface area contributed by atoms with Crippen molar-refractivity contribution in [3.8, 4) is 22.5 Å². The number of halogens is 1. The van der Waals surface area contributed by atoms with Crippen LogP contribution in [0.15, 0.2) is 60.9 Å². The van der Waals surface area contributed by atoms with Gasteiger partial charge in [-0.25, -0.2) is 18.9 Å². The summed E-state index contributed by atoms with van der Waals surface area (Å²) in [5.41, 5.74) is 1.88. The van der Waals surface area contributed by atoms with Gasteiger partial charge in [0.2, 0.25) is 0 Å². The van der Waals surface area contributed by atoms with Crippen LogP contribution in [0.5, 0.6) is 0 Å². The number of benzene rings is 2. The van der Waals surface area contributed by atoms with E-state index in [9.17, 15) is 9.18 Å². The highest BCUT2D eigenvalue weighted by molar-refractivity contribution is 5.85. The van der Waals surface area contributed by atoms with Crippen molar-refractivity contribution in [2.24, 2.45) is 0 Å². The van der Waals surface area contributed by atoms with E-state index < -0.39 is 5.97 Å². The Kier molecular flexibility index (Phi) is 5.22. The molecule has 0 aliphatic carbocycles. The third-order valence-corrected chi connectivity index (χ3v) is 3.54. The molecule has 26 heavy (non-hydrogen) atoms. The predicted molar refractivity (Wildman–Crippen MR) is 97.4 cm³/mol. The fourth-order valence-electron chi connectivity index (χ4n) is 2.39. The standard InChI is InChI=1S/C20H18FN3O2/c1-14(2)26-19(25)10-11-24-13-22-20(23-24)16-8-9-17(18(21)12-16)15-6-4-3-5-7-15/h3-14H,1-2H3/b11-10-. The van der Waals surface area contributed by atoms with Crippen molar-refractivity contribution < 1.29 is 13.9 Å². The highest BCUT2D eigenvalue weighted by Crippen LogP contribution is 2.26. The molecular weight excluding hydrogens is 333 g/mol. The molecule has 0 radical (unpaired) electrons. The lowest BCUT2D eigenvalue weighted by Gasteiger charge is -2.04. The van der Waals surface area contributed by atoms with E-state index in [2.05, 4.69) is 10.1 Å². The molecule has 1 aromatic heterocycles. The van der Waals surface area contributed by atoms with Crippen LogP contribution in [0.25, 0.3) is 28.7 Å². The minimum Gasteiger partial charge on any atom is -0.460 e. The van der Waals surface area contributed by atoms with Crippen LogP contribution >= 0.6 is 0 Å². The van der Waals surface area contributed by atoms with Crippen LogP contribution in [-0.2, 0) is 9.53 Å². The van der Waals surface area contributed by atoms with Gasteiger partial charge in [-0.15, -0.1) is 5.10 Å². The van der Waals surface area contributed by atoms with Crippen molar-refractivity contribution in [2.75, 3.05) is 0 Å². The van der Waals surface area contributed by atoms with Crippen molar-refractivity contribution in [3.05, 3.63) is 66.8 Å². The fourth-order valence-corrected chi connectivity index (χ4v) is 2.39. The molecule has 0 bridgehead atoms. The van der Waals surface area contributed by atoms with Gasteiger partial charge in [0.25, 0.3) is 0 Å². The molecule has 0 aliphatic rings. The molecule has 0 unspecified atom stereocenters. The molecule has 3 aromatic rings. The third-order valence-electron chi connectivity index (χ3n) is 3.54. The Morgan fingerprint density at radius 2 is 1.92 bits per heavy atom. The van der Waals surface area contributed by atoms with Gasteiger partial charge >= 0.3 is 5.97 Å².